The van der Waals surface area contributed by atoms with Gasteiger partial charge in [-0.2, -0.15) is 0 Å². The van der Waals surface area contributed by atoms with E-state index in [1.165, 1.54) is 25.7 Å². The molecular weight excluding hydrogens is 264 g/mol. The number of nitrogens with zero attached hydrogens (tertiary/aromatic N) is 1. The van der Waals surface area contributed by atoms with Crippen molar-refractivity contribution in [2.45, 2.75) is 52.9 Å². The minimum atomic E-state index is -0.315. The minimum Gasteiger partial charge on any atom is -0.462 e. The van der Waals surface area contributed by atoms with Gasteiger partial charge in [-0.3, -0.25) is 0 Å². The number of ether oxygens (including phenoxy) is 1. The Morgan fingerprint density at radius 1 is 1.29 bits per heavy atom. The summed E-state index contributed by atoms with van der Waals surface area (Å²) in [7, 11) is 0. The van der Waals surface area contributed by atoms with Crippen molar-refractivity contribution in [3.05, 3.63) is 23.9 Å². The molecule has 0 aromatic carbocycles. The average molecular weight is 292 g/mol. The Balaban J connectivity index is 2.30. The van der Waals surface area contributed by atoms with Gasteiger partial charge in [0.1, 0.15) is 11.4 Å². The number of unbranched alkanes of at least 4 members (excludes halogenated alkanes) is 3. The third-order valence-corrected chi connectivity index (χ3v) is 3.30. The summed E-state index contributed by atoms with van der Waals surface area (Å²) in [6.45, 7) is 7.55. The molecule has 0 atom stereocenters. The van der Waals surface area contributed by atoms with E-state index in [1.807, 2.05) is 0 Å². The molecule has 0 aliphatic carbocycles. The van der Waals surface area contributed by atoms with Gasteiger partial charge < -0.3 is 10.1 Å². The molecule has 0 aliphatic heterocycles. The zero-order valence-corrected chi connectivity index (χ0v) is 13.5. The van der Waals surface area contributed by atoms with Crippen molar-refractivity contribution in [1.82, 2.24) is 4.98 Å². The van der Waals surface area contributed by atoms with Gasteiger partial charge >= 0.3 is 5.97 Å². The normalized spacial score (nSPS) is 10.7. The molecule has 0 unspecified atom stereocenters. The molecule has 21 heavy (non-hydrogen) atoms. The highest BCUT2D eigenvalue weighted by atomic mass is 16.5. The molecule has 4 nitrogen and oxygen atoms in total. The summed E-state index contributed by atoms with van der Waals surface area (Å²) >= 11 is 0. The lowest BCUT2D eigenvalue weighted by molar-refractivity contribution is 0.0527. The van der Waals surface area contributed by atoms with E-state index in [0.717, 1.165) is 18.9 Å². The predicted molar refractivity (Wildman–Crippen MR) is 86.6 cm³/mol. The van der Waals surface area contributed by atoms with Gasteiger partial charge in [0.2, 0.25) is 0 Å². The molecule has 0 aliphatic rings. The van der Waals surface area contributed by atoms with E-state index in [9.17, 15) is 4.79 Å². The lowest BCUT2D eigenvalue weighted by Gasteiger charge is -2.10. The summed E-state index contributed by atoms with van der Waals surface area (Å²) in [5.74, 6) is 1.10. The Morgan fingerprint density at radius 2 is 2.05 bits per heavy atom. The van der Waals surface area contributed by atoms with E-state index in [-0.39, 0.29) is 5.97 Å². The zero-order chi connectivity index (χ0) is 15.5. The van der Waals surface area contributed by atoms with E-state index >= 15 is 0 Å². The minimum absolute atomic E-state index is 0.315. The number of anilines is 1. The lowest BCUT2D eigenvalue weighted by atomic mass is 10.0. The number of esters is 1. The first-order valence-electron chi connectivity index (χ1n) is 8.01. The van der Waals surface area contributed by atoms with Gasteiger partial charge in [0.25, 0.3) is 0 Å². The van der Waals surface area contributed by atoms with E-state index in [0.29, 0.717) is 18.0 Å². The van der Waals surface area contributed by atoms with Crippen LogP contribution in [-0.2, 0) is 4.74 Å². The van der Waals surface area contributed by atoms with Gasteiger partial charge in [-0.05, 0) is 31.4 Å². The Kier molecular flexibility index (Phi) is 8.48. The van der Waals surface area contributed by atoms with Crippen molar-refractivity contribution in [1.29, 1.82) is 0 Å². The van der Waals surface area contributed by atoms with Gasteiger partial charge in [0.15, 0.2) is 0 Å². The number of rotatable bonds is 10. The summed E-state index contributed by atoms with van der Waals surface area (Å²) in [6, 6.07) is 3.50. The molecule has 1 N–H and O–H groups in total. The monoisotopic (exact) mass is 292 g/mol. The van der Waals surface area contributed by atoms with Crippen molar-refractivity contribution in [2.24, 2.45) is 5.92 Å². The van der Waals surface area contributed by atoms with E-state index in [2.05, 4.69) is 24.1 Å². The Bertz CT molecular complexity index is 419. The fourth-order valence-electron chi connectivity index (χ4n) is 2.16. The van der Waals surface area contributed by atoms with E-state index in [1.54, 1.807) is 25.3 Å². The van der Waals surface area contributed by atoms with Gasteiger partial charge in [0, 0.05) is 12.7 Å². The molecule has 1 rings (SSSR count). The Labute approximate surface area is 128 Å². The number of hydrogen-bond donors (Lipinski definition) is 1. The molecule has 1 aromatic heterocycles. The fraction of sp³-hybridized carbons (Fsp3) is 0.647. The van der Waals surface area contributed by atoms with Crippen LogP contribution in [0.2, 0.25) is 0 Å². The van der Waals surface area contributed by atoms with Crippen molar-refractivity contribution in [3.63, 3.8) is 0 Å². The summed E-state index contributed by atoms with van der Waals surface area (Å²) in [5.41, 5.74) is 0.513. The topological polar surface area (TPSA) is 51.2 Å². The Morgan fingerprint density at radius 3 is 2.76 bits per heavy atom. The summed E-state index contributed by atoms with van der Waals surface area (Å²) in [5, 5.41) is 3.24. The molecule has 0 radical (unpaired) electrons. The van der Waals surface area contributed by atoms with Gasteiger partial charge in [0.05, 0.1) is 6.61 Å². The van der Waals surface area contributed by atoms with Crippen LogP contribution < -0.4 is 5.32 Å². The van der Waals surface area contributed by atoms with Crippen LogP contribution in [0.4, 0.5) is 5.82 Å². The maximum Gasteiger partial charge on any atom is 0.341 e. The third kappa shape index (κ3) is 7.11. The van der Waals surface area contributed by atoms with Crippen LogP contribution in [0.15, 0.2) is 18.3 Å². The maximum atomic E-state index is 11.8. The van der Waals surface area contributed by atoms with Crippen LogP contribution >= 0.6 is 0 Å². The SMILES string of the molecule is CCOC(=O)c1cccnc1NCCCCCCC(C)C. The highest BCUT2D eigenvalue weighted by Gasteiger charge is 2.12. The number of carbonyl (C=O) groups is 1. The largest absolute Gasteiger partial charge is 0.462 e. The first-order chi connectivity index (χ1) is 10.1. The molecule has 0 bridgehead atoms. The molecule has 0 saturated carbocycles. The van der Waals surface area contributed by atoms with Crippen LogP contribution in [-0.4, -0.2) is 24.1 Å². The van der Waals surface area contributed by atoms with Crippen molar-refractivity contribution in [3.8, 4) is 0 Å². The molecule has 1 aromatic rings. The molecule has 1 heterocycles. The standard InChI is InChI=1S/C17H28N2O2/c1-4-21-17(20)15-11-9-13-19-16(15)18-12-8-6-5-7-10-14(2)3/h9,11,13-14H,4-8,10,12H2,1-3H3,(H,18,19). The van der Waals surface area contributed by atoms with Crippen molar-refractivity contribution < 1.29 is 9.53 Å². The molecule has 0 fully saturated rings. The predicted octanol–water partition coefficient (Wildman–Crippen LogP) is 4.28. The van der Waals surface area contributed by atoms with Crippen LogP contribution in [0.3, 0.4) is 0 Å². The highest BCUT2D eigenvalue weighted by molar-refractivity contribution is 5.94. The Hall–Kier alpha value is -1.58. The first-order valence-corrected chi connectivity index (χ1v) is 8.01. The molecule has 0 amide bonds. The molecule has 118 valence electrons. The second-order valence-corrected chi connectivity index (χ2v) is 5.64. The molecular formula is C17H28N2O2. The molecule has 4 heteroatoms. The van der Waals surface area contributed by atoms with Crippen LogP contribution in [0.5, 0.6) is 0 Å². The van der Waals surface area contributed by atoms with Gasteiger partial charge in [-0.25, -0.2) is 9.78 Å². The van der Waals surface area contributed by atoms with Gasteiger partial charge in [-0.1, -0.05) is 39.5 Å². The first kappa shape index (κ1) is 17.5. The molecule has 0 saturated heterocycles. The smallest absolute Gasteiger partial charge is 0.341 e. The second kappa shape index (κ2) is 10.2. The number of hydrogen-bond acceptors (Lipinski definition) is 4. The third-order valence-electron chi connectivity index (χ3n) is 3.30. The lowest BCUT2D eigenvalue weighted by Crippen LogP contribution is -2.12. The maximum absolute atomic E-state index is 11.8. The van der Waals surface area contributed by atoms with Crippen LogP contribution in [0.1, 0.15) is 63.2 Å². The van der Waals surface area contributed by atoms with Gasteiger partial charge in [-0.15, -0.1) is 0 Å². The summed E-state index contributed by atoms with van der Waals surface area (Å²) in [6.07, 6.45) is 7.87. The summed E-state index contributed by atoms with van der Waals surface area (Å²) in [4.78, 5) is 16.0. The second-order valence-electron chi connectivity index (χ2n) is 5.64. The average Bonchev–Trinajstić information content (AvgIpc) is 2.46. The van der Waals surface area contributed by atoms with Crippen LogP contribution in [0, 0.1) is 5.92 Å². The summed E-state index contributed by atoms with van der Waals surface area (Å²) < 4.78 is 5.03. The number of nitrogens with one attached hydrogen (secondary N) is 1. The van der Waals surface area contributed by atoms with Crippen LogP contribution in [0.25, 0.3) is 0 Å². The number of carbonyl (C=O) groups excluding carboxylic acids is 1. The van der Waals surface area contributed by atoms with Crippen molar-refractivity contribution in [2.75, 3.05) is 18.5 Å². The fourth-order valence-corrected chi connectivity index (χ4v) is 2.16. The zero-order valence-electron chi connectivity index (χ0n) is 13.5. The molecule has 0 spiro atoms. The van der Waals surface area contributed by atoms with Crippen molar-refractivity contribution >= 4 is 11.8 Å². The van der Waals surface area contributed by atoms with E-state index in [4.69, 9.17) is 4.74 Å². The number of pyridine rings is 1. The number of aromatic nitrogens is 1. The highest BCUT2D eigenvalue weighted by Crippen LogP contribution is 2.14. The van der Waals surface area contributed by atoms with E-state index < -0.39 is 0 Å². The quantitative estimate of drug-likeness (QED) is 0.516.